The summed E-state index contributed by atoms with van der Waals surface area (Å²) in [6.45, 7) is 4.02. The van der Waals surface area contributed by atoms with Crippen molar-refractivity contribution in [3.63, 3.8) is 0 Å². The molecule has 0 aliphatic carbocycles. The van der Waals surface area contributed by atoms with Gasteiger partial charge in [0, 0.05) is 12.1 Å². The second kappa shape index (κ2) is 4.88. The Morgan fingerprint density at radius 3 is 2.67 bits per heavy atom. The van der Waals surface area contributed by atoms with E-state index < -0.39 is 0 Å². The van der Waals surface area contributed by atoms with Crippen molar-refractivity contribution in [2.24, 2.45) is 0 Å². The molecule has 1 rings (SSSR count). The van der Waals surface area contributed by atoms with Crippen molar-refractivity contribution in [3.8, 4) is 0 Å². The summed E-state index contributed by atoms with van der Waals surface area (Å²) in [7, 11) is 0. The first-order chi connectivity index (χ1) is 5.84. The van der Waals surface area contributed by atoms with Crippen LogP contribution in [0.15, 0.2) is 30.3 Å². The summed E-state index contributed by atoms with van der Waals surface area (Å²) in [6, 6.07) is 9.94. The van der Waals surface area contributed by atoms with Crippen LogP contribution in [0.1, 0.15) is 18.9 Å². The van der Waals surface area contributed by atoms with Crippen LogP contribution in [0.5, 0.6) is 0 Å². The van der Waals surface area contributed by atoms with Gasteiger partial charge in [0.05, 0.1) is 0 Å². The molecule has 0 saturated carbocycles. The topological polar surface area (TPSA) is 12.0 Å². The number of rotatable bonds is 3. The van der Waals surface area contributed by atoms with Crippen LogP contribution >= 0.6 is 12.2 Å². The first-order valence-corrected chi connectivity index (χ1v) is 4.43. The molecule has 0 spiro atoms. The molecule has 0 atom stereocenters. The summed E-state index contributed by atoms with van der Waals surface area (Å²) in [5.41, 5.74) is 1.07. The third-order valence-electron chi connectivity index (χ3n) is 1.47. The van der Waals surface area contributed by atoms with E-state index in [1.165, 1.54) is 0 Å². The molecule has 1 aromatic rings. The molecule has 63 valence electrons. The fourth-order valence-electron chi connectivity index (χ4n) is 0.868. The van der Waals surface area contributed by atoms with Crippen molar-refractivity contribution in [2.75, 3.05) is 0 Å². The van der Waals surface area contributed by atoms with Crippen molar-refractivity contribution in [1.29, 1.82) is 0 Å². The molecule has 0 fully saturated rings. The Bertz CT molecular complexity index is 243. The maximum atomic E-state index is 5.14. The summed E-state index contributed by atoms with van der Waals surface area (Å²) in [5.74, 6) is 0. The molecular formula is C10H12NS. The Labute approximate surface area is 78.8 Å². The maximum absolute atomic E-state index is 5.14. The summed E-state index contributed by atoms with van der Waals surface area (Å²) >= 11 is 5.14. The van der Waals surface area contributed by atoms with Gasteiger partial charge in [-0.05, 0) is 6.42 Å². The molecule has 0 unspecified atom stereocenters. The van der Waals surface area contributed by atoms with Crippen molar-refractivity contribution in [2.45, 2.75) is 13.3 Å². The Morgan fingerprint density at radius 2 is 2.08 bits per heavy atom. The minimum Gasteiger partial charge on any atom is -0.371 e. The van der Waals surface area contributed by atoms with Crippen molar-refractivity contribution in [3.05, 3.63) is 42.4 Å². The first kappa shape index (κ1) is 9.20. The van der Waals surface area contributed by atoms with Crippen LogP contribution in [0.4, 0.5) is 0 Å². The highest BCUT2D eigenvalue weighted by atomic mass is 32.1. The molecule has 12 heavy (non-hydrogen) atoms. The molecule has 0 aliphatic rings. The van der Waals surface area contributed by atoms with Crippen LogP contribution in [-0.2, 0) is 0 Å². The summed E-state index contributed by atoms with van der Waals surface area (Å²) < 4.78 is 0. The van der Waals surface area contributed by atoms with Gasteiger partial charge >= 0.3 is 0 Å². The molecule has 0 saturated heterocycles. The lowest BCUT2D eigenvalue weighted by atomic mass is 10.2. The number of nitrogens with one attached hydrogen (secondary N) is 1. The van der Waals surface area contributed by atoms with Gasteiger partial charge in [0.15, 0.2) is 0 Å². The van der Waals surface area contributed by atoms with Gasteiger partial charge in [-0.15, -0.1) is 0 Å². The van der Waals surface area contributed by atoms with E-state index in [1.54, 1.807) is 0 Å². The molecule has 0 amide bonds. The van der Waals surface area contributed by atoms with Crippen LogP contribution in [-0.4, -0.2) is 4.99 Å². The van der Waals surface area contributed by atoms with Crippen LogP contribution in [0.2, 0.25) is 0 Å². The monoisotopic (exact) mass is 178 g/mol. The molecule has 0 aromatic heterocycles. The molecule has 1 aromatic carbocycles. The highest BCUT2D eigenvalue weighted by Crippen LogP contribution is 1.99. The molecular weight excluding hydrogens is 166 g/mol. The molecule has 0 heterocycles. The van der Waals surface area contributed by atoms with Crippen molar-refractivity contribution in [1.82, 2.24) is 5.32 Å². The van der Waals surface area contributed by atoms with E-state index in [0.717, 1.165) is 17.0 Å². The minimum absolute atomic E-state index is 0.789. The standard InChI is InChI=1S/C10H12NS/c1-2-8-11-10(12)9-6-4-3-5-7-9/h3-8H,2H2,1H3,(H,11,12). The lowest BCUT2D eigenvalue weighted by Gasteiger charge is -2.04. The Morgan fingerprint density at radius 1 is 1.42 bits per heavy atom. The zero-order chi connectivity index (χ0) is 8.81. The molecule has 1 nitrogen and oxygen atoms in total. The highest BCUT2D eigenvalue weighted by Gasteiger charge is 1.96. The lowest BCUT2D eigenvalue weighted by molar-refractivity contribution is 0.980. The lowest BCUT2D eigenvalue weighted by Crippen LogP contribution is -2.18. The predicted molar refractivity (Wildman–Crippen MR) is 55.9 cm³/mol. The zero-order valence-electron chi connectivity index (χ0n) is 7.08. The quantitative estimate of drug-likeness (QED) is 0.714. The Hall–Kier alpha value is -0.890. The number of hydrogen-bond acceptors (Lipinski definition) is 1. The van der Waals surface area contributed by atoms with E-state index in [9.17, 15) is 0 Å². The maximum Gasteiger partial charge on any atom is 0.106 e. The number of thiocarbonyl (C=S) groups is 1. The SMILES string of the molecule is CC[CH]NC(=S)c1ccccc1. The van der Waals surface area contributed by atoms with Gasteiger partial charge in [0.1, 0.15) is 4.99 Å². The zero-order valence-corrected chi connectivity index (χ0v) is 7.90. The summed E-state index contributed by atoms with van der Waals surface area (Å²) in [5, 5.41) is 3.06. The predicted octanol–water partition coefficient (Wildman–Crippen LogP) is 2.52. The van der Waals surface area contributed by atoms with E-state index in [4.69, 9.17) is 12.2 Å². The molecule has 0 bridgehead atoms. The van der Waals surface area contributed by atoms with Crippen LogP contribution in [0.25, 0.3) is 0 Å². The van der Waals surface area contributed by atoms with E-state index in [-0.39, 0.29) is 0 Å². The number of benzene rings is 1. The normalized spacial score (nSPS) is 9.42. The van der Waals surface area contributed by atoms with Crippen LogP contribution in [0, 0.1) is 6.54 Å². The highest BCUT2D eigenvalue weighted by molar-refractivity contribution is 7.80. The fraction of sp³-hybridized carbons (Fsp3) is 0.200. The fourth-order valence-corrected chi connectivity index (χ4v) is 1.09. The summed E-state index contributed by atoms with van der Waals surface area (Å²) in [6.07, 6.45) is 0.979. The number of hydrogen-bond donors (Lipinski definition) is 1. The first-order valence-electron chi connectivity index (χ1n) is 4.02. The van der Waals surface area contributed by atoms with Gasteiger partial charge in [-0.25, -0.2) is 0 Å². The molecule has 1 N–H and O–H groups in total. The van der Waals surface area contributed by atoms with Gasteiger partial charge in [-0.3, -0.25) is 0 Å². The summed E-state index contributed by atoms with van der Waals surface area (Å²) in [4.78, 5) is 0.789. The van der Waals surface area contributed by atoms with Crippen LogP contribution in [0.3, 0.4) is 0 Å². The Kier molecular flexibility index (Phi) is 3.74. The van der Waals surface area contributed by atoms with Crippen LogP contribution < -0.4 is 5.32 Å². The average Bonchev–Trinajstić information content (AvgIpc) is 2.15. The van der Waals surface area contributed by atoms with E-state index >= 15 is 0 Å². The largest absolute Gasteiger partial charge is 0.371 e. The third kappa shape index (κ3) is 2.62. The van der Waals surface area contributed by atoms with Gasteiger partial charge in [0.25, 0.3) is 0 Å². The van der Waals surface area contributed by atoms with E-state index in [1.807, 2.05) is 36.9 Å². The Balaban J connectivity index is 2.54. The second-order valence-electron chi connectivity index (χ2n) is 2.45. The molecule has 1 radical (unpaired) electrons. The molecule has 2 heteroatoms. The van der Waals surface area contributed by atoms with Gasteiger partial charge in [-0.2, -0.15) is 0 Å². The van der Waals surface area contributed by atoms with Gasteiger partial charge in [0.2, 0.25) is 0 Å². The van der Waals surface area contributed by atoms with Crippen molar-refractivity contribution < 1.29 is 0 Å². The van der Waals surface area contributed by atoms with Crippen molar-refractivity contribution >= 4 is 17.2 Å². The molecule has 0 aliphatic heterocycles. The average molecular weight is 178 g/mol. The van der Waals surface area contributed by atoms with E-state index in [2.05, 4.69) is 12.2 Å². The minimum atomic E-state index is 0.789. The smallest absolute Gasteiger partial charge is 0.106 e. The van der Waals surface area contributed by atoms with E-state index in [0.29, 0.717) is 0 Å². The van der Waals surface area contributed by atoms with Gasteiger partial charge < -0.3 is 5.32 Å². The third-order valence-corrected chi connectivity index (χ3v) is 1.83. The van der Waals surface area contributed by atoms with Gasteiger partial charge in [-0.1, -0.05) is 49.5 Å². The second-order valence-corrected chi connectivity index (χ2v) is 2.86.